The molecule has 0 bridgehead atoms. The Morgan fingerprint density at radius 1 is 1.26 bits per heavy atom. The highest BCUT2D eigenvalue weighted by Crippen LogP contribution is 2.25. The maximum Gasteiger partial charge on any atom is 0.318 e. The van der Waals surface area contributed by atoms with Crippen molar-refractivity contribution in [3.8, 4) is 6.01 Å². The number of benzene rings is 2. The van der Waals surface area contributed by atoms with E-state index in [0.29, 0.717) is 16.3 Å². The van der Waals surface area contributed by atoms with Gasteiger partial charge in [-0.25, -0.2) is 4.98 Å². The maximum atomic E-state index is 12.4. The molecule has 0 atom stereocenters. The lowest BCUT2D eigenvalue weighted by atomic mass is 10.1. The highest BCUT2D eigenvalue weighted by molar-refractivity contribution is 6.35. The predicted molar refractivity (Wildman–Crippen MR) is 89.9 cm³/mol. The lowest BCUT2D eigenvalue weighted by molar-refractivity contribution is 0.102. The smallest absolute Gasteiger partial charge is 0.318 e. The first-order valence-corrected chi connectivity index (χ1v) is 7.12. The quantitative estimate of drug-likeness (QED) is 0.771. The zero-order valence-electron chi connectivity index (χ0n) is 12.2. The van der Waals surface area contributed by atoms with Gasteiger partial charge in [-0.15, -0.1) is 0 Å². The van der Waals surface area contributed by atoms with Gasteiger partial charge in [-0.05, 0) is 22.9 Å². The van der Waals surface area contributed by atoms with Crippen molar-refractivity contribution >= 4 is 39.8 Å². The number of nitrogen functional groups attached to an aromatic ring is 1. The van der Waals surface area contributed by atoms with E-state index >= 15 is 0 Å². The van der Waals surface area contributed by atoms with Crippen molar-refractivity contribution in [2.24, 2.45) is 0 Å². The molecule has 116 valence electrons. The van der Waals surface area contributed by atoms with Crippen LogP contribution in [0.4, 0.5) is 11.5 Å². The Hall–Kier alpha value is -2.86. The SMILES string of the molecule is COc1ncc(NC(=O)c2cc3ccccc3cc2Cl)c(N)n1. The molecule has 3 aromatic rings. The topological polar surface area (TPSA) is 90.1 Å². The minimum Gasteiger partial charge on any atom is -0.467 e. The van der Waals surface area contributed by atoms with Crippen molar-refractivity contribution < 1.29 is 9.53 Å². The number of nitrogens with two attached hydrogens (primary N) is 1. The molecule has 0 aliphatic rings. The molecule has 3 N–H and O–H groups in total. The van der Waals surface area contributed by atoms with E-state index in [-0.39, 0.29) is 17.7 Å². The number of carbonyl (C=O) groups is 1. The molecular formula is C16H13ClN4O2. The number of aromatic nitrogens is 2. The summed E-state index contributed by atoms with van der Waals surface area (Å²) >= 11 is 6.21. The van der Waals surface area contributed by atoms with Crippen LogP contribution in [-0.4, -0.2) is 23.0 Å². The van der Waals surface area contributed by atoms with Crippen molar-refractivity contribution in [3.05, 3.63) is 53.2 Å². The van der Waals surface area contributed by atoms with Gasteiger partial charge in [0.05, 0.1) is 23.9 Å². The van der Waals surface area contributed by atoms with E-state index in [0.717, 1.165) is 10.8 Å². The van der Waals surface area contributed by atoms with Gasteiger partial charge < -0.3 is 15.8 Å². The van der Waals surface area contributed by atoms with Crippen LogP contribution < -0.4 is 15.8 Å². The van der Waals surface area contributed by atoms with Gasteiger partial charge in [0.2, 0.25) is 0 Å². The summed E-state index contributed by atoms with van der Waals surface area (Å²) < 4.78 is 4.87. The zero-order valence-corrected chi connectivity index (χ0v) is 13.0. The minimum absolute atomic E-state index is 0.113. The molecule has 0 spiro atoms. The first kappa shape index (κ1) is 15.1. The van der Waals surface area contributed by atoms with Crippen LogP contribution in [0.1, 0.15) is 10.4 Å². The second kappa shape index (κ2) is 6.10. The summed E-state index contributed by atoms with van der Waals surface area (Å²) in [7, 11) is 1.43. The highest BCUT2D eigenvalue weighted by Gasteiger charge is 2.14. The fraction of sp³-hybridized carbons (Fsp3) is 0.0625. The Morgan fingerprint density at radius 3 is 2.61 bits per heavy atom. The summed E-state index contributed by atoms with van der Waals surface area (Å²) in [6.45, 7) is 0. The number of rotatable bonds is 3. The summed E-state index contributed by atoms with van der Waals surface area (Å²) in [6.07, 6.45) is 1.38. The van der Waals surface area contributed by atoms with Gasteiger partial charge in [-0.3, -0.25) is 4.79 Å². The maximum absolute atomic E-state index is 12.4. The van der Waals surface area contributed by atoms with Crippen LogP contribution in [-0.2, 0) is 0 Å². The average Bonchev–Trinajstić information content (AvgIpc) is 2.55. The van der Waals surface area contributed by atoms with Crippen LogP contribution >= 0.6 is 11.6 Å². The molecule has 1 amide bonds. The molecule has 6 nitrogen and oxygen atoms in total. The van der Waals surface area contributed by atoms with Crippen molar-refractivity contribution in [2.45, 2.75) is 0 Å². The molecule has 0 aliphatic heterocycles. The van der Waals surface area contributed by atoms with Gasteiger partial charge in [-0.1, -0.05) is 35.9 Å². The van der Waals surface area contributed by atoms with E-state index in [1.54, 1.807) is 12.1 Å². The summed E-state index contributed by atoms with van der Waals surface area (Å²) in [6, 6.07) is 11.3. The van der Waals surface area contributed by atoms with Gasteiger partial charge in [-0.2, -0.15) is 4.98 Å². The standard InChI is InChI=1S/C16H13ClN4O2/c1-23-16-19-8-13(14(18)21-16)20-15(22)11-6-9-4-2-3-5-10(9)7-12(11)17/h2-8H,1H3,(H,20,22)(H2,18,19,21). The van der Waals surface area contributed by atoms with Crippen LogP contribution in [0.3, 0.4) is 0 Å². The van der Waals surface area contributed by atoms with Crippen LogP contribution in [0, 0.1) is 0 Å². The van der Waals surface area contributed by atoms with Crippen LogP contribution in [0.5, 0.6) is 6.01 Å². The number of anilines is 2. The Kier molecular flexibility index (Phi) is 3.99. The van der Waals surface area contributed by atoms with Crippen LogP contribution in [0.25, 0.3) is 10.8 Å². The number of methoxy groups -OCH3 is 1. The lowest BCUT2D eigenvalue weighted by Gasteiger charge is -2.10. The normalized spacial score (nSPS) is 10.5. The number of halogens is 1. The molecule has 7 heteroatoms. The number of ether oxygens (including phenoxy) is 1. The Labute approximate surface area is 137 Å². The highest BCUT2D eigenvalue weighted by atomic mass is 35.5. The molecule has 0 aliphatic carbocycles. The number of fused-ring (bicyclic) bond motifs is 1. The molecule has 0 fully saturated rings. The largest absolute Gasteiger partial charge is 0.467 e. The van der Waals surface area contributed by atoms with E-state index in [2.05, 4.69) is 15.3 Å². The summed E-state index contributed by atoms with van der Waals surface area (Å²) in [4.78, 5) is 20.3. The number of hydrogen-bond acceptors (Lipinski definition) is 5. The fourth-order valence-electron chi connectivity index (χ4n) is 2.15. The second-order valence-electron chi connectivity index (χ2n) is 4.79. The van der Waals surface area contributed by atoms with Gasteiger partial charge in [0.25, 0.3) is 5.91 Å². The number of carbonyl (C=O) groups excluding carboxylic acids is 1. The van der Waals surface area contributed by atoms with Crippen LogP contribution in [0.15, 0.2) is 42.6 Å². The van der Waals surface area contributed by atoms with Crippen LogP contribution in [0.2, 0.25) is 5.02 Å². The van der Waals surface area contributed by atoms with Gasteiger partial charge in [0.1, 0.15) is 5.69 Å². The summed E-state index contributed by atoms with van der Waals surface area (Å²) in [5.41, 5.74) is 6.41. The Balaban J connectivity index is 1.93. The lowest BCUT2D eigenvalue weighted by Crippen LogP contribution is -2.15. The van der Waals surface area contributed by atoms with Gasteiger partial charge in [0, 0.05) is 0 Å². The summed E-state index contributed by atoms with van der Waals surface area (Å²) in [5.74, 6) is -0.275. The number of amides is 1. The molecule has 2 aromatic carbocycles. The van der Waals surface area contributed by atoms with E-state index in [9.17, 15) is 4.79 Å². The molecule has 1 heterocycles. The summed E-state index contributed by atoms with van der Waals surface area (Å²) in [5, 5.41) is 4.89. The molecule has 0 unspecified atom stereocenters. The first-order valence-electron chi connectivity index (χ1n) is 6.74. The van der Waals surface area contributed by atoms with Crippen molar-refractivity contribution in [2.75, 3.05) is 18.2 Å². The van der Waals surface area contributed by atoms with Gasteiger partial charge >= 0.3 is 6.01 Å². The van der Waals surface area contributed by atoms with E-state index < -0.39 is 0 Å². The molecule has 1 aromatic heterocycles. The molecule has 3 rings (SSSR count). The van der Waals surface area contributed by atoms with Crippen molar-refractivity contribution in [1.29, 1.82) is 0 Å². The molecule has 0 saturated carbocycles. The fourth-order valence-corrected chi connectivity index (χ4v) is 2.41. The third-order valence-electron chi connectivity index (χ3n) is 3.31. The predicted octanol–water partition coefficient (Wildman–Crippen LogP) is 3.13. The Morgan fingerprint density at radius 2 is 1.96 bits per heavy atom. The number of hydrogen-bond donors (Lipinski definition) is 2. The van der Waals surface area contributed by atoms with E-state index in [1.165, 1.54) is 13.3 Å². The van der Waals surface area contributed by atoms with Crippen molar-refractivity contribution in [3.63, 3.8) is 0 Å². The second-order valence-corrected chi connectivity index (χ2v) is 5.20. The molecular weight excluding hydrogens is 316 g/mol. The minimum atomic E-state index is -0.388. The zero-order chi connectivity index (χ0) is 16.4. The first-order chi connectivity index (χ1) is 11.1. The number of nitrogens with zero attached hydrogens (tertiary/aromatic N) is 2. The van der Waals surface area contributed by atoms with E-state index in [4.69, 9.17) is 22.1 Å². The monoisotopic (exact) mass is 328 g/mol. The Bertz CT molecular complexity index is 898. The van der Waals surface area contributed by atoms with Gasteiger partial charge in [0.15, 0.2) is 5.82 Å². The van der Waals surface area contributed by atoms with E-state index in [1.807, 2.05) is 24.3 Å². The average molecular weight is 329 g/mol. The van der Waals surface area contributed by atoms with Crippen molar-refractivity contribution in [1.82, 2.24) is 9.97 Å². The number of nitrogens with one attached hydrogen (secondary N) is 1. The molecule has 0 saturated heterocycles. The molecule has 0 radical (unpaired) electrons. The third-order valence-corrected chi connectivity index (χ3v) is 3.62. The molecule has 23 heavy (non-hydrogen) atoms. The third kappa shape index (κ3) is 3.02.